The molecule has 5 unspecified atom stereocenters. The van der Waals surface area contributed by atoms with Crippen LogP contribution in [0.1, 0.15) is 220 Å². The van der Waals surface area contributed by atoms with Crippen molar-refractivity contribution in [3.8, 4) is 0 Å². The molecule has 5 atom stereocenters. The number of esters is 4. The van der Waals surface area contributed by atoms with Gasteiger partial charge in [0.25, 0.3) is 0 Å². The third-order valence-corrected chi connectivity index (χ3v) is 15.7. The van der Waals surface area contributed by atoms with Crippen molar-refractivity contribution >= 4 is 39.5 Å². The van der Waals surface area contributed by atoms with E-state index in [-0.39, 0.29) is 25.7 Å². The Bertz CT molecular complexity index is 2720. The van der Waals surface area contributed by atoms with E-state index >= 15 is 0 Å². The number of hydrogen-bond acceptors (Lipinski definition) is 15. The third-order valence-electron chi connectivity index (χ3n) is 13.8. The lowest BCUT2D eigenvalue weighted by atomic mass is 10.1. The maximum atomic E-state index is 13.0. The molecule has 0 aliphatic heterocycles. The molecular weight excluding hydrogens is 1310 g/mol. The molecule has 0 aromatic rings. The number of ether oxygens (including phenoxy) is 4. The standard InChI is InChI=1S/C81H124O17P2/c1-5-9-13-17-21-25-29-32-35-36-37-38-41-43-47-50-54-58-62-66-79(84)91-71-76(97-80(85)67-63-59-55-51-45-28-24-20-16-12-8-4)73-95-99(87,88)93-69-75(82)70-94-100(89,90)96-74-77(98-81(86)68-64-60-56-52-48-44-40-34-31-27-23-19-15-11-7-3)72-92-78(83)65-61-57-53-49-46-42-39-33-30-26-22-18-14-10-6-2/h9-11,13-15,20-27,32-35,37-40,43,46-49,52,54,57-58,60-61,64,75-77,82H,5-8,12,16-19,28-31,36,41-42,44-45,50-51,53,55-56,59,62-63,65-74H2,1-4H3,(H,87,88)(H,89,90)/b13-9-,14-10-,15-11-,24-20-,25-21-,26-22-,27-23-,35-32-,38-37-,39-33-,40-34-,47-43-,49-46-,52-48-,58-54-,61-57-,64-60-. The Morgan fingerprint density at radius 3 is 0.970 bits per heavy atom. The number of phosphoric ester groups is 2. The second-order valence-corrected chi connectivity index (χ2v) is 26.0. The minimum Gasteiger partial charge on any atom is -0.462 e. The molecule has 0 aromatic carbocycles. The van der Waals surface area contributed by atoms with E-state index in [2.05, 4.69) is 167 Å². The van der Waals surface area contributed by atoms with Gasteiger partial charge in [-0.05, 0) is 135 Å². The fourth-order valence-electron chi connectivity index (χ4n) is 8.37. The van der Waals surface area contributed by atoms with E-state index in [0.717, 1.165) is 128 Å². The molecule has 560 valence electrons. The number of unbranched alkanes of at least 4 members (excludes halogenated alkanes) is 7. The zero-order chi connectivity index (χ0) is 73.2. The van der Waals surface area contributed by atoms with Gasteiger partial charge in [0.2, 0.25) is 0 Å². The van der Waals surface area contributed by atoms with Crippen molar-refractivity contribution in [1.29, 1.82) is 0 Å². The maximum Gasteiger partial charge on any atom is 0.472 e. The van der Waals surface area contributed by atoms with Gasteiger partial charge in [0.15, 0.2) is 12.2 Å². The molecule has 0 bridgehead atoms. The van der Waals surface area contributed by atoms with Crippen molar-refractivity contribution in [3.05, 3.63) is 207 Å². The van der Waals surface area contributed by atoms with E-state index in [4.69, 9.17) is 37.0 Å². The number of carbonyl (C=O) groups is 4. The van der Waals surface area contributed by atoms with Gasteiger partial charge in [-0.3, -0.25) is 37.3 Å². The lowest BCUT2D eigenvalue weighted by Crippen LogP contribution is -2.30. The highest BCUT2D eigenvalue weighted by atomic mass is 31.2. The first-order valence-corrected chi connectivity index (χ1v) is 39.3. The van der Waals surface area contributed by atoms with Gasteiger partial charge in [0.05, 0.1) is 39.3 Å². The Balaban J connectivity index is 5.55. The lowest BCUT2D eigenvalue weighted by Gasteiger charge is -2.21. The molecule has 0 aliphatic carbocycles. The molecule has 0 saturated carbocycles. The number of hydrogen-bond donors (Lipinski definition) is 3. The second kappa shape index (κ2) is 71.1. The molecule has 0 saturated heterocycles. The van der Waals surface area contributed by atoms with Crippen LogP contribution in [-0.4, -0.2) is 96.7 Å². The maximum absolute atomic E-state index is 13.0. The van der Waals surface area contributed by atoms with Crippen molar-refractivity contribution in [1.82, 2.24) is 0 Å². The first kappa shape index (κ1) is 93.6. The van der Waals surface area contributed by atoms with Crippen LogP contribution >= 0.6 is 15.6 Å². The summed E-state index contributed by atoms with van der Waals surface area (Å²) in [5, 5.41) is 10.6. The highest BCUT2D eigenvalue weighted by Crippen LogP contribution is 2.45. The van der Waals surface area contributed by atoms with Crippen LogP contribution in [-0.2, 0) is 65.4 Å². The molecule has 19 heteroatoms. The van der Waals surface area contributed by atoms with Crippen LogP contribution in [0.15, 0.2) is 207 Å². The highest BCUT2D eigenvalue weighted by Gasteiger charge is 2.30. The molecule has 100 heavy (non-hydrogen) atoms. The summed E-state index contributed by atoms with van der Waals surface area (Å²) in [6, 6.07) is 0. The smallest absolute Gasteiger partial charge is 0.462 e. The summed E-state index contributed by atoms with van der Waals surface area (Å²) in [6.07, 6.45) is 87.8. The summed E-state index contributed by atoms with van der Waals surface area (Å²) in [5.74, 6) is -2.62. The number of aliphatic hydroxyl groups excluding tert-OH is 1. The van der Waals surface area contributed by atoms with Gasteiger partial charge in [0, 0.05) is 12.8 Å². The summed E-state index contributed by atoms with van der Waals surface area (Å²) in [4.78, 5) is 72.5. The van der Waals surface area contributed by atoms with Crippen LogP contribution in [0.5, 0.6) is 0 Å². The van der Waals surface area contributed by atoms with Crippen LogP contribution in [0.4, 0.5) is 0 Å². The minimum atomic E-state index is -5.03. The SMILES string of the molecule is CC/C=C\C/C=C\C/C=C\C/C=C\C/C=C\C/C=C\CCC(=O)OCC(COP(=O)(O)OCC(O)COP(=O)(O)OCC(COC(=O)C/C=C\C/C=C\C/C=C\C/C=C\C/C=C\CC)OC(=O)C/C=C\C/C=C\C/C=C\C/C=C\C/C=C\CC)OC(=O)CCCCCCC/C=C\CCCC. The normalized spacial score (nSPS) is 15.2. The van der Waals surface area contributed by atoms with Gasteiger partial charge in [-0.1, -0.05) is 266 Å². The van der Waals surface area contributed by atoms with E-state index in [0.29, 0.717) is 32.1 Å². The molecule has 0 radical (unpaired) electrons. The number of allylic oxidation sites excluding steroid dienone is 32. The molecule has 3 N–H and O–H groups in total. The summed E-state index contributed by atoms with van der Waals surface area (Å²) in [5.41, 5.74) is 0. The second-order valence-electron chi connectivity index (χ2n) is 23.1. The van der Waals surface area contributed by atoms with Crippen LogP contribution in [0.25, 0.3) is 0 Å². The molecule has 0 aliphatic rings. The van der Waals surface area contributed by atoms with E-state index in [9.17, 15) is 43.2 Å². The van der Waals surface area contributed by atoms with Gasteiger partial charge >= 0.3 is 39.5 Å². The molecular formula is C81H124O17P2. The number of aliphatic hydroxyl groups is 1. The molecule has 0 aromatic heterocycles. The van der Waals surface area contributed by atoms with E-state index in [1.54, 1.807) is 24.3 Å². The summed E-state index contributed by atoms with van der Waals surface area (Å²) >= 11 is 0. The monoisotopic (exact) mass is 1430 g/mol. The summed E-state index contributed by atoms with van der Waals surface area (Å²) in [7, 11) is -10.0. The molecule has 0 fully saturated rings. The van der Waals surface area contributed by atoms with Gasteiger partial charge < -0.3 is 33.8 Å². The number of carbonyl (C=O) groups excluding carboxylic acids is 4. The summed E-state index contributed by atoms with van der Waals surface area (Å²) in [6.45, 7) is 4.08. The van der Waals surface area contributed by atoms with Crippen LogP contribution < -0.4 is 0 Å². The molecule has 0 rings (SSSR count). The van der Waals surface area contributed by atoms with E-state index in [1.165, 1.54) is 6.42 Å². The third kappa shape index (κ3) is 70.1. The van der Waals surface area contributed by atoms with Gasteiger partial charge in [0.1, 0.15) is 19.3 Å². The van der Waals surface area contributed by atoms with Crippen molar-refractivity contribution in [2.75, 3.05) is 39.6 Å². The first-order chi connectivity index (χ1) is 48.7. The predicted octanol–water partition coefficient (Wildman–Crippen LogP) is 20.8. The first-order valence-electron chi connectivity index (χ1n) is 36.3. The fraction of sp³-hybridized carbons (Fsp3) is 0.531. The van der Waals surface area contributed by atoms with Gasteiger partial charge in [-0.2, -0.15) is 0 Å². The quantitative estimate of drug-likeness (QED) is 0.0169. The largest absolute Gasteiger partial charge is 0.472 e. The Labute approximate surface area is 601 Å². The molecule has 0 spiro atoms. The predicted molar refractivity (Wildman–Crippen MR) is 408 cm³/mol. The highest BCUT2D eigenvalue weighted by molar-refractivity contribution is 7.47. The topological polar surface area (TPSA) is 237 Å². The van der Waals surface area contributed by atoms with E-state index in [1.807, 2.05) is 42.5 Å². The average Bonchev–Trinajstić information content (AvgIpc) is 0.953. The van der Waals surface area contributed by atoms with Crippen LogP contribution in [0.3, 0.4) is 0 Å². The van der Waals surface area contributed by atoms with Crippen LogP contribution in [0.2, 0.25) is 0 Å². The Kier molecular flexibility index (Phi) is 66.5. The molecule has 17 nitrogen and oxygen atoms in total. The van der Waals surface area contributed by atoms with Crippen molar-refractivity contribution < 1.29 is 80.2 Å². The lowest BCUT2D eigenvalue weighted by molar-refractivity contribution is -0.161. The van der Waals surface area contributed by atoms with Crippen molar-refractivity contribution in [2.45, 2.75) is 239 Å². The fourth-order valence-corrected chi connectivity index (χ4v) is 9.95. The number of rotatable bonds is 65. The number of phosphoric acid groups is 2. The van der Waals surface area contributed by atoms with Crippen molar-refractivity contribution in [3.63, 3.8) is 0 Å². The zero-order valence-electron chi connectivity index (χ0n) is 60.8. The van der Waals surface area contributed by atoms with E-state index < -0.39 is 97.5 Å². The van der Waals surface area contributed by atoms with Gasteiger partial charge in [-0.15, -0.1) is 0 Å². The molecule has 0 heterocycles. The Morgan fingerprint density at radius 1 is 0.300 bits per heavy atom. The van der Waals surface area contributed by atoms with Gasteiger partial charge in [-0.25, -0.2) is 9.13 Å². The molecule has 0 amide bonds. The average molecular weight is 1430 g/mol. The Morgan fingerprint density at radius 2 is 0.590 bits per heavy atom. The summed E-state index contributed by atoms with van der Waals surface area (Å²) < 4.78 is 67.9. The zero-order valence-corrected chi connectivity index (χ0v) is 62.6. The van der Waals surface area contributed by atoms with Crippen molar-refractivity contribution in [2.24, 2.45) is 0 Å². The van der Waals surface area contributed by atoms with Crippen LogP contribution in [0, 0.1) is 0 Å². The minimum absolute atomic E-state index is 0.0223. The Hall–Kier alpha value is -6.36.